The molecule has 0 saturated heterocycles. The highest BCUT2D eigenvalue weighted by molar-refractivity contribution is 5.86. The number of carbonyl (C=O) groups excluding carboxylic acids is 1. The van der Waals surface area contributed by atoms with Crippen LogP contribution in [-0.2, 0) is 0 Å². The molecule has 0 unspecified atom stereocenters. The first kappa shape index (κ1) is 14.4. The number of anilines is 1. The Morgan fingerprint density at radius 1 is 1.10 bits per heavy atom. The summed E-state index contributed by atoms with van der Waals surface area (Å²) in [5.41, 5.74) is 5.74. The largest absolute Gasteiger partial charge is 0.486 e. The maximum Gasteiger partial charge on any atom is 0.417 e. The number of ether oxygens (including phenoxy) is 2. The third-order valence-corrected chi connectivity index (χ3v) is 2.43. The first-order chi connectivity index (χ1) is 10.1. The lowest BCUT2D eigenvalue weighted by Crippen LogP contribution is -2.19. The summed E-state index contributed by atoms with van der Waals surface area (Å²) >= 11 is 0. The van der Waals surface area contributed by atoms with Gasteiger partial charge in [-0.25, -0.2) is 4.79 Å². The Morgan fingerprint density at radius 2 is 1.81 bits per heavy atom. The number of nitrogens with one attached hydrogen (secondary N) is 2. The fourth-order valence-electron chi connectivity index (χ4n) is 1.56. The highest BCUT2D eigenvalue weighted by Crippen LogP contribution is 2.18. The van der Waals surface area contributed by atoms with E-state index in [4.69, 9.17) is 20.6 Å². The van der Waals surface area contributed by atoms with Crippen molar-refractivity contribution in [3.05, 3.63) is 54.6 Å². The SMILES string of the molecule is N=C(N)COc1cccc(NC(=O)Oc2ccccc2)c1. The van der Waals surface area contributed by atoms with Crippen LogP contribution in [-0.4, -0.2) is 18.5 Å². The van der Waals surface area contributed by atoms with Crippen LogP contribution in [0, 0.1) is 5.41 Å². The molecule has 6 nitrogen and oxygen atoms in total. The Kier molecular flexibility index (Phi) is 4.76. The quantitative estimate of drug-likeness (QED) is 0.581. The summed E-state index contributed by atoms with van der Waals surface area (Å²) in [6, 6.07) is 15.5. The van der Waals surface area contributed by atoms with E-state index in [2.05, 4.69) is 5.32 Å². The third kappa shape index (κ3) is 4.87. The van der Waals surface area contributed by atoms with Crippen LogP contribution in [0.2, 0.25) is 0 Å². The van der Waals surface area contributed by atoms with Crippen LogP contribution in [0.25, 0.3) is 0 Å². The fourth-order valence-corrected chi connectivity index (χ4v) is 1.56. The fraction of sp³-hybridized carbons (Fsp3) is 0.0667. The zero-order valence-corrected chi connectivity index (χ0v) is 11.2. The van der Waals surface area contributed by atoms with Gasteiger partial charge in [0.05, 0.1) is 0 Å². The number of nitrogens with two attached hydrogens (primary N) is 1. The molecule has 0 aliphatic heterocycles. The Morgan fingerprint density at radius 3 is 2.52 bits per heavy atom. The molecule has 0 saturated carbocycles. The first-order valence-corrected chi connectivity index (χ1v) is 6.23. The number of benzene rings is 2. The van der Waals surface area contributed by atoms with Crippen molar-refractivity contribution in [1.29, 1.82) is 5.41 Å². The molecule has 2 aromatic rings. The van der Waals surface area contributed by atoms with Crippen molar-refractivity contribution in [3.63, 3.8) is 0 Å². The number of hydrogen-bond donors (Lipinski definition) is 3. The summed E-state index contributed by atoms with van der Waals surface area (Å²) in [7, 11) is 0. The molecule has 4 N–H and O–H groups in total. The molecule has 0 atom stereocenters. The summed E-state index contributed by atoms with van der Waals surface area (Å²) in [5.74, 6) is 0.888. The van der Waals surface area contributed by atoms with Crippen LogP contribution >= 0.6 is 0 Å². The third-order valence-electron chi connectivity index (χ3n) is 2.43. The summed E-state index contributed by atoms with van der Waals surface area (Å²) in [5, 5.41) is 9.69. The average Bonchev–Trinajstić information content (AvgIpc) is 2.46. The van der Waals surface area contributed by atoms with Crippen molar-refractivity contribution < 1.29 is 14.3 Å². The molecule has 0 radical (unpaired) electrons. The van der Waals surface area contributed by atoms with Crippen molar-refractivity contribution in [2.24, 2.45) is 5.73 Å². The van der Waals surface area contributed by atoms with Crippen LogP contribution in [0.4, 0.5) is 10.5 Å². The van der Waals surface area contributed by atoms with E-state index in [1.807, 2.05) is 6.07 Å². The molecule has 6 heteroatoms. The topological polar surface area (TPSA) is 97.4 Å². The normalized spacial score (nSPS) is 9.71. The van der Waals surface area contributed by atoms with Gasteiger partial charge in [0.15, 0.2) is 0 Å². The average molecular weight is 285 g/mol. The van der Waals surface area contributed by atoms with Gasteiger partial charge in [0.2, 0.25) is 0 Å². The molecule has 108 valence electrons. The highest BCUT2D eigenvalue weighted by Gasteiger charge is 2.05. The van der Waals surface area contributed by atoms with Gasteiger partial charge < -0.3 is 15.2 Å². The van der Waals surface area contributed by atoms with Gasteiger partial charge in [-0.3, -0.25) is 10.7 Å². The van der Waals surface area contributed by atoms with E-state index in [1.165, 1.54) is 0 Å². The molecule has 0 aliphatic rings. The first-order valence-electron chi connectivity index (χ1n) is 6.23. The lowest BCUT2D eigenvalue weighted by molar-refractivity contribution is 0.215. The van der Waals surface area contributed by atoms with Crippen molar-refractivity contribution in [1.82, 2.24) is 0 Å². The van der Waals surface area contributed by atoms with Crippen LogP contribution in [0.5, 0.6) is 11.5 Å². The molecule has 1 amide bonds. The molecule has 2 aromatic carbocycles. The van der Waals surface area contributed by atoms with Gasteiger partial charge in [-0.05, 0) is 24.3 Å². The second-order valence-corrected chi connectivity index (χ2v) is 4.17. The predicted octanol–water partition coefficient (Wildman–Crippen LogP) is 2.61. The van der Waals surface area contributed by atoms with Gasteiger partial charge in [-0.2, -0.15) is 0 Å². The van der Waals surface area contributed by atoms with E-state index >= 15 is 0 Å². The predicted molar refractivity (Wildman–Crippen MR) is 79.9 cm³/mol. The Balaban J connectivity index is 1.94. The molecule has 0 heterocycles. The van der Waals surface area contributed by atoms with Crippen molar-refractivity contribution in [2.45, 2.75) is 0 Å². The Hall–Kier alpha value is -3.02. The zero-order chi connectivity index (χ0) is 15.1. The highest BCUT2D eigenvalue weighted by atomic mass is 16.6. The Labute approximate surface area is 122 Å². The lowest BCUT2D eigenvalue weighted by atomic mass is 10.3. The minimum Gasteiger partial charge on any atom is -0.486 e. The van der Waals surface area contributed by atoms with Crippen LogP contribution in [0.3, 0.4) is 0 Å². The van der Waals surface area contributed by atoms with Crippen LogP contribution in [0.1, 0.15) is 0 Å². The van der Waals surface area contributed by atoms with E-state index < -0.39 is 6.09 Å². The van der Waals surface area contributed by atoms with Gasteiger partial charge >= 0.3 is 6.09 Å². The smallest absolute Gasteiger partial charge is 0.417 e. The molecule has 21 heavy (non-hydrogen) atoms. The van der Waals surface area contributed by atoms with E-state index in [1.54, 1.807) is 48.5 Å². The minimum absolute atomic E-state index is 0.00207. The van der Waals surface area contributed by atoms with E-state index in [0.717, 1.165) is 0 Å². The molecule has 0 bridgehead atoms. The van der Waals surface area contributed by atoms with Gasteiger partial charge in [0, 0.05) is 11.8 Å². The van der Waals surface area contributed by atoms with Gasteiger partial charge in [-0.1, -0.05) is 24.3 Å². The van der Waals surface area contributed by atoms with Crippen molar-refractivity contribution in [3.8, 4) is 11.5 Å². The molecular formula is C15H15N3O3. The monoisotopic (exact) mass is 285 g/mol. The van der Waals surface area contributed by atoms with Gasteiger partial charge in [-0.15, -0.1) is 0 Å². The number of hydrogen-bond acceptors (Lipinski definition) is 4. The lowest BCUT2D eigenvalue weighted by Gasteiger charge is -2.09. The molecule has 0 aliphatic carbocycles. The van der Waals surface area contributed by atoms with Crippen LogP contribution in [0.15, 0.2) is 54.6 Å². The summed E-state index contributed by atoms with van der Waals surface area (Å²) in [6.45, 7) is -0.00207. The summed E-state index contributed by atoms with van der Waals surface area (Å²) in [4.78, 5) is 11.7. The standard InChI is InChI=1S/C15H15N3O3/c16-14(17)10-20-13-8-4-5-11(9-13)18-15(19)21-12-6-2-1-3-7-12/h1-9H,10H2,(H3,16,17)(H,18,19). The molecule has 2 rings (SSSR count). The number of amides is 1. The van der Waals surface area contributed by atoms with E-state index in [-0.39, 0.29) is 12.4 Å². The van der Waals surface area contributed by atoms with Crippen molar-refractivity contribution >= 4 is 17.6 Å². The van der Waals surface area contributed by atoms with E-state index in [9.17, 15) is 4.79 Å². The second-order valence-electron chi connectivity index (χ2n) is 4.17. The zero-order valence-electron chi connectivity index (χ0n) is 11.2. The number of para-hydroxylation sites is 1. The van der Waals surface area contributed by atoms with Gasteiger partial charge in [0.1, 0.15) is 23.9 Å². The minimum atomic E-state index is -0.593. The van der Waals surface area contributed by atoms with Gasteiger partial charge in [0.25, 0.3) is 0 Å². The number of rotatable bonds is 5. The number of carbonyl (C=O) groups is 1. The number of amidine groups is 1. The molecule has 0 fully saturated rings. The maximum absolute atomic E-state index is 11.7. The molecular weight excluding hydrogens is 270 g/mol. The van der Waals surface area contributed by atoms with Crippen LogP contribution < -0.4 is 20.5 Å². The van der Waals surface area contributed by atoms with E-state index in [0.29, 0.717) is 17.2 Å². The van der Waals surface area contributed by atoms with Crippen molar-refractivity contribution in [2.75, 3.05) is 11.9 Å². The Bertz CT molecular complexity index is 629. The molecule has 0 spiro atoms. The maximum atomic E-state index is 11.7. The summed E-state index contributed by atoms with van der Waals surface area (Å²) in [6.07, 6.45) is -0.593. The molecule has 0 aromatic heterocycles. The second kappa shape index (κ2) is 6.95. The summed E-state index contributed by atoms with van der Waals surface area (Å²) < 4.78 is 10.4.